The number of ether oxygens (including phenoxy) is 1. The van der Waals surface area contributed by atoms with Crippen molar-refractivity contribution >= 4 is 46.7 Å². The van der Waals surface area contributed by atoms with E-state index in [2.05, 4.69) is 17.4 Å². The van der Waals surface area contributed by atoms with Crippen LogP contribution in [-0.2, 0) is 17.6 Å². The molecule has 3 aromatic carbocycles. The smallest absolute Gasteiger partial charge is 0.322 e. The molecule has 0 unspecified atom stereocenters. The standard InChI is InChI=1S/C25H24Cl2N2O3S/c26-19-7-9-21(10-8-19)33-23-4-2-1-3-17(23)5-6-18-15-20(16-22(27)24(18)30)28-25(31)29-11-13-32-14-12-29/h1-4,7-10,15-16,30H,5-6,11-14H2,(H,28,31). The zero-order valence-electron chi connectivity index (χ0n) is 17.9. The SMILES string of the molecule is O=C(Nc1cc(Cl)c(O)c(CCc2ccccc2Sc2ccc(Cl)cc2)c1)N1CCOCC1. The predicted molar refractivity (Wildman–Crippen MR) is 134 cm³/mol. The van der Waals surface area contributed by atoms with Gasteiger partial charge in [-0.15, -0.1) is 0 Å². The molecular formula is C25H24Cl2N2O3S. The maximum absolute atomic E-state index is 12.5. The van der Waals surface area contributed by atoms with Gasteiger partial charge in [0.25, 0.3) is 0 Å². The zero-order valence-corrected chi connectivity index (χ0v) is 20.2. The van der Waals surface area contributed by atoms with Crippen molar-refractivity contribution in [3.05, 3.63) is 81.8 Å². The van der Waals surface area contributed by atoms with Gasteiger partial charge in [-0.3, -0.25) is 0 Å². The van der Waals surface area contributed by atoms with E-state index >= 15 is 0 Å². The predicted octanol–water partition coefficient (Wildman–Crippen LogP) is 6.50. The summed E-state index contributed by atoms with van der Waals surface area (Å²) in [5, 5.41) is 14.3. The number of anilines is 1. The molecule has 1 aliphatic heterocycles. The normalized spacial score (nSPS) is 13.7. The number of aryl methyl sites for hydroxylation is 2. The van der Waals surface area contributed by atoms with Crippen LogP contribution in [0, 0.1) is 0 Å². The van der Waals surface area contributed by atoms with Crippen LogP contribution in [0.1, 0.15) is 11.1 Å². The average Bonchev–Trinajstić information content (AvgIpc) is 2.83. The topological polar surface area (TPSA) is 61.8 Å². The van der Waals surface area contributed by atoms with Crippen LogP contribution in [0.3, 0.4) is 0 Å². The van der Waals surface area contributed by atoms with Crippen LogP contribution in [0.4, 0.5) is 10.5 Å². The first-order valence-electron chi connectivity index (χ1n) is 10.7. The number of nitrogens with zero attached hydrogens (tertiary/aromatic N) is 1. The quantitative estimate of drug-likeness (QED) is 0.377. The number of rotatable bonds is 6. The van der Waals surface area contributed by atoms with Crippen LogP contribution in [0.2, 0.25) is 10.0 Å². The van der Waals surface area contributed by atoms with Crippen LogP contribution in [0.25, 0.3) is 0 Å². The molecule has 5 nitrogen and oxygen atoms in total. The fraction of sp³-hybridized carbons (Fsp3) is 0.240. The highest BCUT2D eigenvalue weighted by Gasteiger charge is 2.18. The summed E-state index contributed by atoms with van der Waals surface area (Å²) < 4.78 is 5.30. The fourth-order valence-corrected chi connectivity index (χ4v) is 4.94. The van der Waals surface area contributed by atoms with Gasteiger partial charge >= 0.3 is 6.03 Å². The Hall–Kier alpha value is -2.38. The molecule has 0 aliphatic carbocycles. The summed E-state index contributed by atoms with van der Waals surface area (Å²) in [7, 11) is 0. The molecule has 0 aromatic heterocycles. The second kappa shape index (κ2) is 11.2. The van der Waals surface area contributed by atoms with E-state index in [1.54, 1.807) is 28.8 Å². The van der Waals surface area contributed by atoms with Gasteiger partial charge in [-0.25, -0.2) is 4.79 Å². The Morgan fingerprint density at radius 3 is 2.45 bits per heavy atom. The van der Waals surface area contributed by atoms with E-state index in [0.29, 0.717) is 55.4 Å². The minimum absolute atomic E-state index is 0.0453. The minimum atomic E-state index is -0.198. The van der Waals surface area contributed by atoms with E-state index in [9.17, 15) is 9.90 Å². The molecule has 172 valence electrons. The molecular weight excluding hydrogens is 479 g/mol. The Labute approximate surface area is 207 Å². The van der Waals surface area contributed by atoms with Gasteiger partial charge in [0.1, 0.15) is 5.75 Å². The number of amides is 2. The number of nitrogens with one attached hydrogen (secondary N) is 1. The summed E-state index contributed by atoms with van der Waals surface area (Å²) in [5.41, 5.74) is 2.41. The van der Waals surface area contributed by atoms with E-state index < -0.39 is 0 Å². The average molecular weight is 503 g/mol. The van der Waals surface area contributed by atoms with Crippen LogP contribution in [0.5, 0.6) is 5.75 Å². The summed E-state index contributed by atoms with van der Waals surface area (Å²) in [6.07, 6.45) is 1.28. The number of phenolic OH excluding ortho intramolecular Hbond substituents is 1. The summed E-state index contributed by atoms with van der Waals surface area (Å²) in [4.78, 5) is 16.5. The van der Waals surface area contributed by atoms with Crippen LogP contribution in [0.15, 0.2) is 70.5 Å². The molecule has 1 heterocycles. The number of aromatic hydroxyl groups is 1. The Balaban J connectivity index is 1.47. The molecule has 2 amide bonds. The van der Waals surface area contributed by atoms with Crippen molar-refractivity contribution in [3.8, 4) is 5.75 Å². The number of phenols is 1. The molecule has 0 saturated carbocycles. The lowest BCUT2D eigenvalue weighted by Crippen LogP contribution is -2.43. The number of carbonyl (C=O) groups is 1. The van der Waals surface area contributed by atoms with Crippen LogP contribution < -0.4 is 5.32 Å². The molecule has 0 spiro atoms. The van der Waals surface area contributed by atoms with E-state index in [4.69, 9.17) is 27.9 Å². The van der Waals surface area contributed by atoms with Crippen molar-refractivity contribution in [2.45, 2.75) is 22.6 Å². The number of hydrogen-bond donors (Lipinski definition) is 2. The number of morpholine rings is 1. The highest BCUT2D eigenvalue weighted by molar-refractivity contribution is 7.99. The molecule has 2 N–H and O–H groups in total. The van der Waals surface area contributed by atoms with E-state index in [1.807, 2.05) is 36.4 Å². The molecule has 1 saturated heterocycles. The van der Waals surface area contributed by atoms with Gasteiger partial charge < -0.3 is 20.1 Å². The van der Waals surface area contributed by atoms with Crippen molar-refractivity contribution in [1.82, 2.24) is 4.90 Å². The van der Waals surface area contributed by atoms with Gasteiger partial charge in [0, 0.05) is 33.6 Å². The second-order valence-electron chi connectivity index (χ2n) is 7.66. The van der Waals surface area contributed by atoms with Crippen LogP contribution >= 0.6 is 35.0 Å². The Morgan fingerprint density at radius 1 is 1.00 bits per heavy atom. The number of urea groups is 1. The number of benzene rings is 3. The van der Waals surface area contributed by atoms with Crippen molar-refractivity contribution in [3.63, 3.8) is 0 Å². The molecule has 33 heavy (non-hydrogen) atoms. The Kier molecular flexibility index (Phi) is 8.04. The van der Waals surface area contributed by atoms with Gasteiger partial charge in [0.2, 0.25) is 0 Å². The van der Waals surface area contributed by atoms with Crippen molar-refractivity contribution in [2.24, 2.45) is 0 Å². The third-order valence-corrected chi connectivity index (χ3v) is 7.04. The lowest BCUT2D eigenvalue weighted by Gasteiger charge is -2.27. The lowest BCUT2D eigenvalue weighted by atomic mass is 10.0. The van der Waals surface area contributed by atoms with Gasteiger partial charge in [0.05, 0.1) is 18.2 Å². The molecule has 8 heteroatoms. The highest BCUT2D eigenvalue weighted by atomic mass is 35.5. The summed E-state index contributed by atoms with van der Waals surface area (Å²) in [5.74, 6) is 0.0453. The highest BCUT2D eigenvalue weighted by Crippen LogP contribution is 2.35. The molecule has 0 radical (unpaired) electrons. The maximum atomic E-state index is 12.5. The van der Waals surface area contributed by atoms with Gasteiger partial charge in [-0.1, -0.05) is 53.2 Å². The van der Waals surface area contributed by atoms with Crippen LogP contribution in [-0.4, -0.2) is 42.3 Å². The minimum Gasteiger partial charge on any atom is -0.506 e. The number of hydrogen-bond acceptors (Lipinski definition) is 4. The molecule has 0 atom stereocenters. The Bertz CT molecular complexity index is 1120. The molecule has 4 rings (SSSR count). The first-order valence-corrected chi connectivity index (χ1v) is 12.2. The summed E-state index contributed by atoms with van der Waals surface area (Å²) in [6.45, 7) is 2.16. The van der Waals surface area contributed by atoms with E-state index in [-0.39, 0.29) is 16.8 Å². The third kappa shape index (κ3) is 6.36. The van der Waals surface area contributed by atoms with Crippen molar-refractivity contribution < 1.29 is 14.6 Å². The van der Waals surface area contributed by atoms with Crippen molar-refractivity contribution in [1.29, 1.82) is 0 Å². The monoisotopic (exact) mass is 502 g/mol. The molecule has 1 fully saturated rings. The third-order valence-electron chi connectivity index (χ3n) is 5.37. The van der Waals surface area contributed by atoms with Gasteiger partial charge in [-0.05, 0) is 66.4 Å². The largest absolute Gasteiger partial charge is 0.506 e. The zero-order chi connectivity index (χ0) is 23.2. The second-order valence-corrected chi connectivity index (χ2v) is 9.62. The fourth-order valence-electron chi connectivity index (χ4n) is 3.60. The maximum Gasteiger partial charge on any atom is 0.322 e. The summed E-state index contributed by atoms with van der Waals surface area (Å²) in [6, 6.07) is 19.1. The first kappa shape index (κ1) is 23.8. The first-order chi connectivity index (χ1) is 16.0. The van der Waals surface area contributed by atoms with Crippen molar-refractivity contribution in [2.75, 3.05) is 31.6 Å². The van der Waals surface area contributed by atoms with Gasteiger partial charge in [-0.2, -0.15) is 0 Å². The molecule has 1 aliphatic rings. The molecule has 3 aromatic rings. The van der Waals surface area contributed by atoms with E-state index in [1.165, 1.54) is 0 Å². The Morgan fingerprint density at radius 2 is 1.70 bits per heavy atom. The van der Waals surface area contributed by atoms with E-state index in [0.717, 1.165) is 15.4 Å². The number of carbonyl (C=O) groups excluding carboxylic acids is 1. The van der Waals surface area contributed by atoms with Gasteiger partial charge in [0.15, 0.2) is 0 Å². The summed E-state index contributed by atoms with van der Waals surface area (Å²) >= 11 is 13.9. The lowest BCUT2D eigenvalue weighted by molar-refractivity contribution is 0.0564. The molecule has 0 bridgehead atoms. The number of halogens is 2.